The van der Waals surface area contributed by atoms with Crippen LogP contribution in [0.4, 0.5) is 5.69 Å². The minimum atomic E-state index is -0.623. The quantitative estimate of drug-likeness (QED) is 0.387. The van der Waals surface area contributed by atoms with Crippen LogP contribution < -0.4 is 5.32 Å². The highest BCUT2D eigenvalue weighted by molar-refractivity contribution is 6.44. The zero-order valence-corrected chi connectivity index (χ0v) is 18.8. The monoisotopic (exact) mass is 484 g/mol. The molecule has 1 N–H and O–H groups in total. The molecule has 0 bridgehead atoms. The Hall–Kier alpha value is -3.42. The average Bonchev–Trinajstić information content (AvgIpc) is 2.81. The molecule has 4 rings (SSSR count). The van der Waals surface area contributed by atoms with E-state index in [1.54, 1.807) is 42.5 Å². The number of rotatable bonds is 7. The highest BCUT2D eigenvalue weighted by atomic mass is 35.5. The number of carbonyl (C=O) groups excluding carboxylic acids is 4. The van der Waals surface area contributed by atoms with E-state index in [1.165, 1.54) is 0 Å². The number of amides is 3. The number of carbonyl (C=O) groups is 4. The van der Waals surface area contributed by atoms with Gasteiger partial charge in [0.15, 0.2) is 6.61 Å². The first-order chi connectivity index (χ1) is 15.9. The number of nitrogens with zero attached hydrogens (tertiary/aromatic N) is 1. The van der Waals surface area contributed by atoms with Gasteiger partial charge in [-0.1, -0.05) is 53.5 Å². The summed E-state index contributed by atoms with van der Waals surface area (Å²) in [5.74, 6) is -1.98. The maximum Gasteiger partial charge on any atom is 0.306 e. The molecule has 168 valence electrons. The summed E-state index contributed by atoms with van der Waals surface area (Å²) in [6.07, 6.45) is 0.143. The summed E-state index contributed by atoms with van der Waals surface area (Å²) in [5.41, 5.74) is 1.23. The van der Waals surface area contributed by atoms with Crippen LogP contribution in [-0.4, -0.2) is 41.7 Å². The van der Waals surface area contributed by atoms with Crippen molar-refractivity contribution in [2.75, 3.05) is 18.5 Å². The summed E-state index contributed by atoms with van der Waals surface area (Å²) >= 11 is 11.9. The van der Waals surface area contributed by atoms with Gasteiger partial charge in [0.1, 0.15) is 0 Å². The number of ether oxygens (including phenoxy) is 1. The van der Waals surface area contributed by atoms with E-state index >= 15 is 0 Å². The van der Waals surface area contributed by atoms with Gasteiger partial charge in [0, 0.05) is 29.5 Å². The van der Waals surface area contributed by atoms with Crippen LogP contribution >= 0.6 is 23.2 Å². The molecule has 3 amide bonds. The third-order valence-corrected chi connectivity index (χ3v) is 6.03. The fourth-order valence-corrected chi connectivity index (χ4v) is 4.02. The molecule has 0 aliphatic carbocycles. The van der Waals surface area contributed by atoms with Crippen LogP contribution in [0.3, 0.4) is 0 Å². The summed E-state index contributed by atoms with van der Waals surface area (Å²) in [6, 6.07) is 15.4. The number of hydrogen-bond acceptors (Lipinski definition) is 5. The Balaban J connectivity index is 1.29. The summed E-state index contributed by atoms with van der Waals surface area (Å²) in [4.78, 5) is 50.9. The van der Waals surface area contributed by atoms with E-state index in [0.29, 0.717) is 22.2 Å². The minimum Gasteiger partial charge on any atom is -0.456 e. The van der Waals surface area contributed by atoms with Crippen molar-refractivity contribution in [3.05, 3.63) is 75.8 Å². The number of esters is 1. The highest BCUT2D eigenvalue weighted by Gasteiger charge is 2.32. The van der Waals surface area contributed by atoms with Crippen molar-refractivity contribution in [2.45, 2.75) is 12.8 Å². The second-order valence-corrected chi connectivity index (χ2v) is 8.17. The van der Waals surface area contributed by atoms with Crippen molar-refractivity contribution in [1.82, 2.24) is 4.90 Å². The van der Waals surface area contributed by atoms with Crippen LogP contribution in [0.5, 0.6) is 0 Å². The van der Waals surface area contributed by atoms with Gasteiger partial charge in [0.05, 0.1) is 15.7 Å². The van der Waals surface area contributed by atoms with Gasteiger partial charge in [-0.3, -0.25) is 24.1 Å². The van der Waals surface area contributed by atoms with Crippen LogP contribution in [0.25, 0.3) is 10.8 Å². The topological polar surface area (TPSA) is 92.8 Å². The van der Waals surface area contributed by atoms with E-state index < -0.39 is 30.3 Å². The molecule has 33 heavy (non-hydrogen) atoms. The first-order valence-corrected chi connectivity index (χ1v) is 10.9. The highest BCUT2D eigenvalue weighted by Crippen LogP contribution is 2.30. The molecule has 0 spiro atoms. The summed E-state index contributed by atoms with van der Waals surface area (Å²) in [6.45, 7) is -0.444. The molecule has 0 radical (unpaired) electrons. The van der Waals surface area contributed by atoms with E-state index in [-0.39, 0.29) is 29.4 Å². The molecule has 3 aromatic rings. The number of benzene rings is 3. The lowest BCUT2D eigenvalue weighted by Crippen LogP contribution is -2.41. The first-order valence-electron chi connectivity index (χ1n) is 10.1. The molecule has 1 aliphatic rings. The van der Waals surface area contributed by atoms with Gasteiger partial charge < -0.3 is 10.1 Å². The minimum absolute atomic E-state index is 0.0573. The Morgan fingerprint density at radius 1 is 0.909 bits per heavy atom. The van der Waals surface area contributed by atoms with E-state index in [1.807, 2.05) is 12.1 Å². The maximum absolute atomic E-state index is 12.8. The van der Waals surface area contributed by atoms with Crippen molar-refractivity contribution in [3.63, 3.8) is 0 Å². The Morgan fingerprint density at radius 3 is 2.21 bits per heavy atom. The predicted molar refractivity (Wildman–Crippen MR) is 125 cm³/mol. The number of imide groups is 1. The van der Waals surface area contributed by atoms with Crippen molar-refractivity contribution in [3.8, 4) is 0 Å². The molecular formula is C24H18Cl2N2O5. The normalized spacial score (nSPS) is 12.7. The molecule has 0 fully saturated rings. The Kier molecular flexibility index (Phi) is 6.62. The Labute approximate surface area is 199 Å². The van der Waals surface area contributed by atoms with E-state index in [9.17, 15) is 19.2 Å². The lowest BCUT2D eigenvalue weighted by molar-refractivity contribution is -0.147. The van der Waals surface area contributed by atoms with Gasteiger partial charge >= 0.3 is 5.97 Å². The van der Waals surface area contributed by atoms with Crippen molar-refractivity contribution < 1.29 is 23.9 Å². The van der Waals surface area contributed by atoms with Gasteiger partial charge in [0.2, 0.25) is 0 Å². The smallest absolute Gasteiger partial charge is 0.306 e. The number of hydrogen-bond donors (Lipinski definition) is 1. The van der Waals surface area contributed by atoms with Crippen LogP contribution in [-0.2, 0) is 14.3 Å². The standard InChI is InChI=1S/C24H18Cl2N2O5/c25-17-9-3-10-18(22(17)26)27-19(29)13-33-20(30)11-4-12-28-23(31)15-7-1-5-14-6-2-8-16(21(14)15)24(28)32/h1-3,5-10H,4,11-13H2,(H,27,29). The third kappa shape index (κ3) is 4.69. The molecule has 0 aromatic heterocycles. The van der Waals surface area contributed by atoms with Gasteiger partial charge in [0.25, 0.3) is 17.7 Å². The average molecular weight is 485 g/mol. The Bertz CT molecular complexity index is 1240. The van der Waals surface area contributed by atoms with Gasteiger partial charge in [-0.2, -0.15) is 0 Å². The summed E-state index contributed by atoms with van der Waals surface area (Å²) < 4.78 is 4.98. The molecule has 9 heteroatoms. The molecule has 0 atom stereocenters. The summed E-state index contributed by atoms with van der Waals surface area (Å²) in [7, 11) is 0. The van der Waals surface area contributed by atoms with Crippen molar-refractivity contribution in [2.24, 2.45) is 0 Å². The van der Waals surface area contributed by atoms with Crippen LogP contribution in [0.1, 0.15) is 33.6 Å². The van der Waals surface area contributed by atoms with E-state index in [0.717, 1.165) is 10.3 Å². The van der Waals surface area contributed by atoms with Gasteiger partial charge in [-0.05, 0) is 36.1 Å². The van der Waals surface area contributed by atoms with E-state index in [2.05, 4.69) is 5.32 Å². The molecule has 0 unspecified atom stereocenters. The van der Waals surface area contributed by atoms with Gasteiger partial charge in [-0.25, -0.2) is 0 Å². The van der Waals surface area contributed by atoms with Gasteiger partial charge in [-0.15, -0.1) is 0 Å². The molecular weight excluding hydrogens is 467 g/mol. The SMILES string of the molecule is O=C(COC(=O)CCCN1C(=O)c2cccc3cccc(c23)C1=O)Nc1cccc(Cl)c1Cl. The lowest BCUT2D eigenvalue weighted by Gasteiger charge is -2.27. The molecule has 7 nitrogen and oxygen atoms in total. The van der Waals surface area contributed by atoms with Crippen molar-refractivity contribution >= 4 is 63.4 Å². The molecule has 3 aromatic carbocycles. The zero-order chi connectivity index (χ0) is 23.5. The van der Waals surface area contributed by atoms with Crippen molar-refractivity contribution in [1.29, 1.82) is 0 Å². The predicted octanol–water partition coefficient (Wildman–Crippen LogP) is 4.70. The Morgan fingerprint density at radius 2 is 1.55 bits per heavy atom. The first kappa shape index (κ1) is 22.8. The number of nitrogens with one attached hydrogen (secondary N) is 1. The number of anilines is 1. The molecule has 1 heterocycles. The second-order valence-electron chi connectivity index (χ2n) is 7.38. The molecule has 1 aliphatic heterocycles. The molecule has 0 saturated heterocycles. The van der Waals surface area contributed by atoms with Crippen LogP contribution in [0, 0.1) is 0 Å². The maximum atomic E-state index is 12.8. The van der Waals surface area contributed by atoms with E-state index in [4.69, 9.17) is 27.9 Å². The lowest BCUT2D eigenvalue weighted by atomic mass is 9.94. The second kappa shape index (κ2) is 9.60. The fourth-order valence-electron chi connectivity index (χ4n) is 3.67. The van der Waals surface area contributed by atoms with Crippen LogP contribution in [0.15, 0.2) is 54.6 Å². The number of halogens is 2. The zero-order valence-electron chi connectivity index (χ0n) is 17.3. The summed E-state index contributed by atoms with van der Waals surface area (Å²) in [5, 5.41) is 4.46. The largest absolute Gasteiger partial charge is 0.456 e. The van der Waals surface area contributed by atoms with Crippen LogP contribution in [0.2, 0.25) is 10.0 Å². The third-order valence-electron chi connectivity index (χ3n) is 5.21. The fraction of sp³-hybridized carbons (Fsp3) is 0.167. The molecule has 0 saturated carbocycles.